The topological polar surface area (TPSA) is 33.8 Å². The van der Waals surface area contributed by atoms with Crippen LogP contribution in [0.4, 0.5) is 0 Å². The Morgan fingerprint density at radius 2 is 1.53 bits per heavy atom. The van der Waals surface area contributed by atoms with Gasteiger partial charge in [0.1, 0.15) is 5.92 Å². The van der Waals surface area contributed by atoms with E-state index >= 15 is 0 Å². The summed E-state index contributed by atoms with van der Waals surface area (Å²) in [5.41, 5.74) is 18.5. The van der Waals surface area contributed by atoms with Gasteiger partial charge in [0.05, 0.1) is 16.8 Å². The van der Waals surface area contributed by atoms with Gasteiger partial charge in [0.2, 0.25) is 17.1 Å². The van der Waals surface area contributed by atoms with Crippen molar-refractivity contribution in [3.8, 4) is 33.8 Å². The van der Waals surface area contributed by atoms with Crippen molar-refractivity contribution in [1.82, 2.24) is 4.98 Å². The van der Waals surface area contributed by atoms with E-state index in [-0.39, 0.29) is 17.4 Å². The number of allylic oxidation sites excluding steroid dienone is 1. The first-order valence-electron chi connectivity index (χ1n) is 18.3. The second-order valence-corrected chi connectivity index (χ2v) is 15.9. The van der Waals surface area contributed by atoms with Crippen LogP contribution in [0.15, 0.2) is 108 Å². The zero-order valence-corrected chi connectivity index (χ0v) is 30.8. The van der Waals surface area contributed by atoms with E-state index in [0.29, 0.717) is 5.71 Å². The van der Waals surface area contributed by atoms with Crippen molar-refractivity contribution in [2.24, 2.45) is 0 Å². The Kier molecular flexibility index (Phi) is 7.02. The van der Waals surface area contributed by atoms with Crippen LogP contribution in [0, 0.1) is 27.7 Å². The number of fused-ring (bicyclic) bond motifs is 13. The second-order valence-electron chi connectivity index (χ2n) is 15.9. The molecular formula is C47H45N3O+2. The standard InChI is InChI=1S/C47H45N3O/c1-27-16-22-39-33-14-9-10-15-34(33)43-31(5)49-26-37(47(6,7)8)30(4)24-41(49)44-32(18-23-40(43)50(39)25-27)17-19-35-36-20-21-38(48-46(36)51-45(35)44)42-28(2)12-11-13-29(42)3/h9-17,19-22,24-26,40,43H,5,18,23H2,1-4,6-8H3/q+2. The third-order valence-electron chi connectivity index (χ3n) is 11.5. The predicted octanol–water partition coefficient (Wildman–Crippen LogP) is 10.8. The average Bonchev–Trinajstić information content (AvgIpc) is 3.48. The molecule has 4 nitrogen and oxygen atoms in total. The average molecular weight is 668 g/mol. The van der Waals surface area contributed by atoms with Crippen LogP contribution in [0.3, 0.4) is 0 Å². The van der Waals surface area contributed by atoms with E-state index in [1.165, 1.54) is 55.8 Å². The molecule has 6 heterocycles. The molecule has 0 amide bonds. The van der Waals surface area contributed by atoms with Crippen molar-refractivity contribution in [2.75, 3.05) is 0 Å². The number of hydrogen-bond acceptors (Lipinski definition) is 2. The van der Waals surface area contributed by atoms with E-state index in [1.54, 1.807) is 0 Å². The molecule has 4 aromatic heterocycles. The van der Waals surface area contributed by atoms with Crippen molar-refractivity contribution in [3.63, 3.8) is 0 Å². The Balaban J connectivity index is 1.34. The van der Waals surface area contributed by atoms with Crippen LogP contribution in [0.25, 0.3) is 61.5 Å². The van der Waals surface area contributed by atoms with Gasteiger partial charge in [-0.05, 0) is 98.2 Å². The highest BCUT2D eigenvalue weighted by molar-refractivity contribution is 6.09. The van der Waals surface area contributed by atoms with Gasteiger partial charge in [-0.2, -0.15) is 9.13 Å². The minimum Gasteiger partial charge on any atom is -0.437 e. The van der Waals surface area contributed by atoms with Crippen LogP contribution in [-0.2, 0) is 11.8 Å². The molecule has 2 unspecified atom stereocenters. The Labute approximate surface area is 300 Å². The Morgan fingerprint density at radius 3 is 2.31 bits per heavy atom. The molecule has 9 rings (SSSR count). The number of aryl methyl sites for hydroxylation is 5. The van der Waals surface area contributed by atoms with E-state index in [4.69, 9.17) is 16.0 Å². The summed E-state index contributed by atoms with van der Waals surface area (Å²) in [6, 6.07) is 31.4. The molecule has 3 aromatic carbocycles. The summed E-state index contributed by atoms with van der Waals surface area (Å²) < 4.78 is 11.9. The molecule has 0 fully saturated rings. The maximum absolute atomic E-state index is 6.95. The fourth-order valence-corrected chi connectivity index (χ4v) is 9.14. The molecule has 2 atom stereocenters. The van der Waals surface area contributed by atoms with E-state index in [0.717, 1.165) is 51.8 Å². The van der Waals surface area contributed by atoms with Crippen LogP contribution in [0.1, 0.15) is 78.1 Å². The van der Waals surface area contributed by atoms with Crippen molar-refractivity contribution in [1.29, 1.82) is 0 Å². The monoisotopic (exact) mass is 667 g/mol. The molecule has 252 valence electrons. The first-order valence-corrected chi connectivity index (χ1v) is 18.3. The van der Waals surface area contributed by atoms with Gasteiger partial charge < -0.3 is 4.42 Å². The normalized spacial score (nSPS) is 16.8. The highest BCUT2D eigenvalue weighted by Crippen LogP contribution is 2.47. The molecular weight excluding hydrogens is 623 g/mol. The van der Waals surface area contributed by atoms with E-state index < -0.39 is 0 Å². The van der Waals surface area contributed by atoms with E-state index in [9.17, 15) is 0 Å². The van der Waals surface area contributed by atoms with E-state index in [2.05, 4.69) is 155 Å². The summed E-state index contributed by atoms with van der Waals surface area (Å²) in [6.45, 7) is 20.7. The van der Waals surface area contributed by atoms with Crippen molar-refractivity contribution < 1.29 is 13.6 Å². The summed E-state index contributed by atoms with van der Waals surface area (Å²) >= 11 is 0. The molecule has 2 aliphatic rings. The number of aromatic nitrogens is 3. The van der Waals surface area contributed by atoms with Gasteiger partial charge in [-0.3, -0.25) is 0 Å². The van der Waals surface area contributed by atoms with Gasteiger partial charge in [0, 0.05) is 46.0 Å². The third-order valence-corrected chi connectivity index (χ3v) is 11.5. The highest BCUT2D eigenvalue weighted by atomic mass is 16.3. The van der Waals surface area contributed by atoms with Crippen molar-refractivity contribution in [3.05, 3.63) is 143 Å². The van der Waals surface area contributed by atoms with Crippen LogP contribution >= 0.6 is 0 Å². The lowest BCUT2D eigenvalue weighted by Gasteiger charge is -2.30. The molecule has 7 aromatic rings. The summed E-state index contributed by atoms with van der Waals surface area (Å²) in [7, 11) is 0. The zero-order chi connectivity index (χ0) is 35.3. The molecule has 0 saturated carbocycles. The molecule has 0 N–H and O–H groups in total. The van der Waals surface area contributed by atoms with Crippen LogP contribution < -0.4 is 9.13 Å². The maximum atomic E-state index is 6.95. The van der Waals surface area contributed by atoms with Crippen molar-refractivity contribution in [2.45, 2.75) is 78.7 Å². The quantitative estimate of drug-likeness (QED) is 0.163. The van der Waals surface area contributed by atoms with Crippen molar-refractivity contribution >= 4 is 27.8 Å². The molecule has 0 bridgehead atoms. The SMILES string of the molecule is C=C1C2c3ccccc3-c3ccc(C)c[n+]3C2CCc2ccc3c(oc4nc(-c5c(C)cccc5C)ccc43)c2-c2cc(C)c(C(C)(C)C)c[n+]21. The number of furan rings is 1. The molecule has 4 heteroatoms. The summed E-state index contributed by atoms with van der Waals surface area (Å²) in [4.78, 5) is 5.17. The maximum Gasteiger partial charge on any atom is 0.227 e. The molecule has 2 aliphatic heterocycles. The summed E-state index contributed by atoms with van der Waals surface area (Å²) in [5, 5.41) is 2.13. The predicted molar refractivity (Wildman–Crippen MR) is 208 cm³/mol. The minimum absolute atomic E-state index is 0.0462. The number of hydrogen-bond donors (Lipinski definition) is 0. The van der Waals surface area contributed by atoms with Crippen LogP contribution in [-0.4, -0.2) is 4.98 Å². The highest BCUT2D eigenvalue weighted by Gasteiger charge is 2.47. The first-order chi connectivity index (χ1) is 24.5. The smallest absolute Gasteiger partial charge is 0.227 e. The fraction of sp³-hybridized carbons (Fsp3) is 0.255. The summed E-state index contributed by atoms with van der Waals surface area (Å²) in [5.74, 6) is 0.0850. The molecule has 0 aliphatic carbocycles. The summed E-state index contributed by atoms with van der Waals surface area (Å²) in [6.07, 6.45) is 6.59. The molecule has 0 radical (unpaired) electrons. The van der Waals surface area contributed by atoms with Gasteiger partial charge in [0.15, 0.2) is 29.7 Å². The van der Waals surface area contributed by atoms with Gasteiger partial charge in [0.25, 0.3) is 0 Å². The number of rotatable bonds is 1. The van der Waals surface area contributed by atoms with Gasteiger partial charge in [-0.15, -0.1) is 0 Å². The zero-order valence-electron chi connectivity index (χ0n) is 30.8. The number of benzene rings is 3. The molecule has 51 heavy (non-hydrogen) atoms. The molecule has 0 spiro atoms. The molecule has 0 saturated heterocycles. The van der Waals surface area contributed by atoms with Crippen LogP contribution in [0.2, 0.25) is 0 Å². The van der Waals surface area contributed by atoms with E-state index in [1.807, 2.05) is 0 Å². The fourth-order valence-electron chi connectivity index (χ4n) is 9.14. The minimum atomic E-state index is -0.0462. The van der Waals surface area contributed by atoms with Crippen LogP contribution in [0.5, 0.6) is 0 Å². The number of pyridine rings is 3. The first kappa shape index (κ1) is 31.6. The second kappa shape index (κ2) is 11.3. The van der Waals surface area contributed by atoms with Gasteiger partial charge >= 0.3 is 0 Å². The van der Waals surface area contributed by atoms with Gasteiger partial charge in [-0.25, -0.2) is 4.98 Å². The van der Waals surface area contributed by atoms with Gasteiger partial charge in [-0.1, -0.05) is 69.3 Å². The largest absolute Gasteiger partial charge is 0.437 e. The third kappa shape index (κ3) is 4.83. The lowest BCUT2D eigenvalue weighted by atomic mass is 9.79. The Hall–Kier alpha value is -5.35. The Bertz CT molecular complexity index is 2580. The number of nitrogens with zero attached hydrogens (tertiary/aromatic N) is 3. The lowest BCUT2D eigenvalue weighted by Crippen LogP contribution is -2.51. The lowest BCUT2D eigenvalue weighted by molar-refractivity contribution is -0.720. The Morgan fingerprint density at radius 1 is 0.765 bits per heavy atom.